The number of ether oxygens (including phenoxy) is 1. The highest BCUT2D eigenvalue weighted by atomic mass is 35.7. The van der Waals surface area contributed by atoms with Crippen LogP contribution in [0, 0.1) is 11.8 Å². The fourth-order valence-corrected chi connectivity index (χ4v) is 3.92. The van der Waals surface area contributed by atoms with Crippen molar-refractivity contribution in [3.8, 4) is 0 Å². The molecule has 118 valence electrons. The molecule has 5 nitrogen and oxygen atoms in total. The van der Waals surface area contributed by atoms with E-state index in [2.05, 4.69) is 0 Å². The Hall–Kier alpha value is -0.490. The highest BCUT2D eigenvalue weighted by Gasteiger charge is 2.30. The van der Waals surface area contributed by atoms with Crippen molar-refractivity contribution >= 4 is 25.8 Å². The van der Waals surface area contributed by atoms with Gasteiger partial charge in [-0.05, 0) is 45.4 Å². The Bertz CT molecular complexity index is 436. The number of piperidine rings is 1. The van der Waals surface area contributed by atoms with Gasteiger partial charge in [0.05, 0.1) is 5.75 Å². The van der Waals surface area contributed by atoms with Crippen molar-refractivity contribution < 1.29 is 17.9 Å². The Morgan fingerprint density at radius 2 is 1.85 bits per heavy atom. The van der Waals surface area contributed by atoms with Crippen LogP contribution in [-0.2, 0) is 13.8 Å². The summed E-state index contributed by atoms with van der Waals surface area (Å²) >= 11 is 0. The second kappa shape index (κ2) is 6.52. The molecule has 0 aliphatic carbocycles. The predicted molar refractivity (Wildman–Crippen MR) is 79.3 cm³/mol. The summed E-state index contributed by atoms with van der Waals surface area (Å²) < 4.78 is 27.5. The zero-order valence-corrected chi connectivity index (χ0v) is 14.1. The van der Waals surface area contributed by atoms with E-state index < -0.39 is 14.7 Å². The van der Waals surface area contributed by atoms with E-state index in [0.717, 1.165) is 12.8 Å². The van der Waals surface area contributed by atoms with Crippen molar-refractivity contribution in [1.29, 1.82) is 0 Å². The van der Waals surface area contributed by atoms with Crippen molar-refractivity contribution in [3.63, 3.8) is 0 Å². The monoisotopic (exact) mass is 325 g/mol. The molecule has 0 aromatic rings. The molecule has 0 aromatic heterocycles. The third-order valence-electron chi connectivity index (χ3n) is 3.46. The van der Waals surface area contributed by atoms with Crippen LogP contribution in [0.15, 0.2) is 0 Å². The van der Waals surface area contributed by atoms with E-state index in [-0.39, 0.29) is 23.7 Å². The van der Waals surface area contributed by atoms with Crippen molar-refractivity contribution in [2.45, 2.75) is 46.1 Å². The number of carbonyl (C=O) groups is 1. The molecule has 0 radical (unpaired) electrons. The lowest BCUT2D eigenvalue weighted by molar-refractivity contribution is 0.0167. The molecular formula is C13H24ClNO4S. The van der Waals surface area contributed by atoms with Gasteiger partial charge in [-0.3, -0.25) is 0 Å². The standard InChI is InChI=1S/C13H24ClNO4S/c1-10(9-20(14,17)18)11-5-7-15(8-6-11)12(16)19-13(2,3)4/h10-11H,5-9H2,1-4H3. The van der Waals surface area contributed by atoms with Crippen LogP contribution in [0.4, 0.5) is 4.79 Å². The van der Waals surface area contributed by atoms with E-state index in [9.17, 15) is 13.2 Å². The summed E-state index contributed by atoms with van der Waals surface area (Å²) in [6, 6.07) is 0. The lowest BCUT2D eigenvalue weighted by Crippen LogP contribution is -2.43. The first-order chi connectivity index (χ1) is 8.98. The number of hydrogen-bond acceptors (Lipinski definition) is 4. The van der Waals surface area contributed by atoms with Crippen LogP contribution in [0.1, 0.15) is 40.5 Å². The molecule has 1 heterocycles. The fourth-order valence-electron chi connectivity index (χ4n) is 2.43. The quantitative estimate of drug-likeness (QED) is 0.748. The van der Waals surface area contributed by atoms with Crippen LogP contribution >= 0.6 is 10.7 Å². The van der Waals surface area contributed by atoms with E-state index in [4.69, 9.17) is 15.4 Å². The van der Waals surface area contributed by atoms with Crippen LogP contribution in [0.5, 0.6) is 0 Å². The van der Waals surface area contributed by atoms with Crippen LogP contribution in [0.3, 0.4) is 0 Å². The number of likely N-dealkylation sites (tertiary alicyclic amines) is 1. The Balaban J connectivity index is 2.46. The van der Waals surface area contributed by atoms with E-state index in [0.29, 0.717) is 13.1 Å². The number of amides is 1. The first-order valence-corrected chi connectivity index (χ1v) is 9.36. The maximum atomic E-state index is 11.9. The summed E-state index contributed by atoms with van der Waals surface area (Å²) in [7, 11) is 1.83. The number of rotatable bonds is 3. The zero-order chi connectivity index (χ0) is 15.6. The van der Waals surface area contributed by atoms with Gasteiger partial charge < -0.3 is 9.64 Å². The van der Waals surface area contributed by atoms with Gasteiger partial charge in [0.1, 0.15) is 5.60 Å². The molecule has 20 heavy (non-hydrogen) atoms. The van der Waals surface area contributed by atoms with Gasteiger partial charge in [-0.15, -0.1) is 0 Å². The van der Waals surface area contributed by atoms with E-state index in [1.807, 2.05) is 27.7 Å². The summed E-state index contributed by atoms with van der Waals surface area (Å²) in [5.74, 6) is 0.284. The minimum absolute atomic E-state index is 0.00827. The molecule has 7 heteroatoms. The fraction of sp³-hybridized carbons (Fsp3) is 0.923. The minimum Gasteiger partial charge on any atom is -0.444 e. The number of nitrogens with zero attached hydrogens (tertiary/aromatic N) is 1. The van der Waals surface area contributed by atoms with E-state index >= 15 is 0 Å². The van der Waals surface area contributed by atoms with Crippen molar-refractivity contribution in [3.05, 3.63) is 0 Å². The minimum atomic E-state index is -3.46. The largest absolute Gasteiger partial charge is 0.444 e. The van der Waals surface area contributed by atoms with Crippen LogP contribution in [0.2, 0.25) is 0 Å². The van der Waals surface area contributed by atoms with Crippen LogP contribution < -0.4 is 0 Å². The van der Waals surface area contributed by atoms with Gasteiger partial charge in [0.15, 0.2) is 0 Å². The van der Waals surface area contributed by atoms with Crippen LogP contribution in [0.25, 0.3) is 0 Å². The first kappa shape index (κ1) is 17.6. The zero-order valence-electron chi connectivity index (χ0n) is 12.6. The lowest BCUT2D eigenvalue weighted by atomic mass is 9.87. The van der Waals surface area contributed by atoms with Crippen molar-refractivity contribution in [2.24, 2.45) is 11.8 Å². The first-order valence-electron chi connectivity index (χ1n) is 6.88. The average molecular weight is 326 g/mol. The molecule has 0 saturated carbocycles. The molecule has 0 aromatic carbocycles. The number of carbonyl (C=O) groups excluding carboxylic acids is 1. The van der Waals surface area contributed by atoms with Gasteiger partial charge in [-0.1, -0.05) is 6.92 Å². The molecule has 1 aliphatic heterocycles. The molecule has 1 aliphatic rings. The highest BCUT2D eigenvalue weighted by molar-refractivity contribution is 8.13. The average Bonchev–Trinajstić information content (AvgIpc) is 2.24. The van der Waals surface area contributed by atoms with E-state index in [1.165, 1.54) is 0 Å². The summed E-state index contributed by atoms with van der Waals surface area (Å²) in [5.41, 5.74) is -0.492. The summed E-state index contributed by atoms with van der Waals surface area (Å²) in [6.07, 6.45) is 1.27. The smallest absolute Gasteiger partial charge is 0.410 e. The van der Waals surface area contributed by atoms with Gasteiger partial charge in [-0.2, -0.15) is 0 Å². The van der Waals surface area contributed by atoms with Gasteiger partial charge in [-0.25, -0.2) is 13.2 Å². The predicted octanol–water partition coefficient (Wildman–Crippen LogP) is 2.84. The third kappa shape index (κ3) is 6.31. The second-order valence-electron chi connectivity index (χ2n) is 6.49. The van der Waals surface area contributed by atoms with Gasteiger partial charge in [0, 0.05) is 23.8 Å². The van der Waals surface area contributed by atoms with Crippen LogP contribution in [-0.4, -0.2) is 43.9 Å². The van der Waals surface area contributed by atoms with Crippen molar-refractivity contribution in [2.75, 3.05) is 18.8 Å². The van der Waals surface area contributed by atoms with Gasteiger partial charge in [0.2, 0.25) is 9.05 Å². The van der Waals surface area contributed by atoms with Gasteiger partial charge in [0.25, 0.3) is 0 Å². The molecule has 1 amide bonds. The topological polar surface area (TPSA) is 63.7 Å². The van der Waals surface area contributed by atoms with Gasteiger partial charge >= 0.3 is 6.09 Å². The van der Waals surface area contributed by atoms with Crippen molar-refractivity contribution in [1.82, 2.24) is 4.90 Å². The normalized spacial score (nSPS) is 19.8. The SMILES string of the molecule is CC(CS(=O)(=O)Cl)C1CCN(C(=O)OC(C)(C)C)CC1. The molecule has 0 bridgehead atoms. The number of hydrogen-bond donors (Lipinski definition) is 0. The Morgan fingerprint density at radius 3 is 2.25 bits per heavy atom. The molecular weight excluding hydrogens is 302 g/mol. The number of halogens is 1. The maximum Gasteiger partial charge on any atom is 0.410 e. The summed E-state index contributed by atoms with van der Waals surface area (Å²) in [6.45, 7) is 8.62. The molecule has 1 unspecified atom stereocenters. The summed E-state index contributed by atoms with van der Waals surface area (Å²) in [5, 5.41) is 0. The molecule has 0 N–H and O–H groups in total. The Morgan fingerprint density at radius 1 is 1.35 bits per heavy atom. The maximum absolute atomic E-state index is 11.9. The molecule has 1 atom stereocenters. The molecule has 1 saturated heterocycles. The highest BCUT2D eigenvalue weighted by Crippen LogP contribution is 2.27. The second-order valence-corrected chi connectivity index (χ2v) is 9.31. The third-order valence-corrected chi connectivity index (χ3v) is 4.76. The Labute approximate surface area is 126 Å². The summed E-state index contributed by atoms with van der Waals surface area (Å²) in [4.78, 5) is 13.6. The van der Waals surface area contributed by atoms with E-state index in [1.54, 1.807) is 4.90 Å². The lowest BCUT2D eigenvalue weighted by Gasteiger charge is -2.35. The molecule has 1 rings (SSSR count). The molecule has 1 fully saturated rings. The molecule has 0 spiro atoms. The Kier molecular flexibility index (Phi) is 5.72.